The summed E-state index contributed by atoms with van der Waals surface area (Å²) in [6, 6.07) is 10.5. The van der Waals surface area contributed by atoms with E-state index in [1.54, 1.807) is 17.0 Å². The molecule has 0 N–H and O–H groups in total. The molecule has 2 heterocycles. The van der Waals surface area contributed by atoms with Crippen molar-refractivity contribution in [2.75, 3.05) is 31.6 Å². The second-order valence-electron chi connectivity index (χ2n) is 7.31. The van der Waals surface area contributed by atoms with Crippen LogP contribution in [0.15, 0.2) is 45.8 Å². The van der Waals surface area contributed by atoms with Gasteiger partial charge in [-0.25, -0.2) is 8.42 Å². The molecule has 0 atom stereocenters. The highest BCUT2D eigenvalue weighted by Gasteiger charge is 2.31. The number of benzene rings is 2. The molecule has 2 aliphatic heterocycles. The summed E-state index contributed by atoms with van der Waals surface area (Å²) in [5.41, 5.74) is 2.31. The maximum Gasteiger partial charge on any atom is 0.258 e. The van der Waals surface area contributed by atoms with Gasteiger partial charge in [-0.2, -0.15) is 4.31 Å². The van der Waals surface area contributed by atoms with E-state index in [0.29, 0.717) is 25.2 Å². The Morgan fingerprint density at radius 2 is 1.79 bits per heavy atom. The molecular formula is C21H23BrN2O4S. The molecular weight excluding hydrogens is 456 g/mol. The molecule has 0 radical (unpaired) electrons. The number of anilines is 1. The second-order valence-corrected chi connectivity index (χ2v) is 10.1. The number of fused-ring (bicyclic) bond motifs is 1. The lowest BCUT2D eigenvalue weighted by Crippen LogP contribution is -2.36. The summed E-state index contributed by atoms with van der Waals surface area (Å²) < 4.78 is 34.2. The zero-order valence-corrected chi connectivity index (χ0v) is 18.6. The predicted molar refractivity (Wildman–Crippen MR) is 115 cm³/mol. The van der Waals surface area contributed by atoms with Gasteiger partial charge in [0.1, 0.15) is 10.6 Å². The molecule has 6 nitrogen and oxygen atoms in total. The summed E-state index contributed by atoms with van der Waals surface area (Å²) in [4.78, 5) is 15.0. The van der Waals surface area contributed by atoms with Crippen LogP contribution >= 0.6 is 15.9 Å². The number of carbonyl (C=O) groups is 1. The van der Waals surface area contributed by atoms with Crippen LogP contribution in [0.5, 0.6) is 5.75 Å². The van der Waals surface area contributed by atoms with Crippen LogP contribution in [-0.4, -0.2) is 45.4 Å². The largest absolute Gasteiger partial charge is 0.495 e. The van der Waals surface area contributed by atoms with Gasteiger partial charge in [-0.05, 0) is 61.2 Å². The number of amides is 1. The summed E-state index contributed by atoms with van der Waals surface area (Å²) in [5, 5.41) is 0. The first-order chi connectivity index (χ1) is 13.9. The topological polar surface area (TPSA) is 66.9 Å². The highest BCUT2D eigenvalue weighted by atomic mass is 79.9. The van der Waals surface area contributed by atoms with E-state index in [-0.39, 0.29) is 16.6 Å². The number of hydrogen-bond acceptors (Lipinski definition) is 4. The number of ether oxygens (including phenoxy) is 1. The van der Waals surface area contributed by atoms with E-state index in [0.717, 1.165) is 41.4 Å². The van der Waals surface area contributed by atoms with Gasteiger partial charge in [0, 0.05) is 35.4 Å². The van der Waals surface area contributed by atoms with E-state index < -0.39 is 10.0 Å². The SMILES string of the molecule is COc1ccc(C(=O)N2CCc3cc(Br)ccc32)cc1S(=O)(=O)N1CCCCC1. The Morgan fingerprint density at radius 1 is 1.03 bits per heavy atom. The number of methoxy groups -OCH3 is 1. The zero-order valence-electron chi connectivity index (χ0n) is 16.2. The second kappa shape index (κ2) is 8.08. The Morgan fingerprint density at radius 3 is 2.52 bits per heavy atom. The van der Waals surface area contributed by atoms with E-state index in [4.69, 9.17) is 4.74 Å². The van der Waals surface area contributed by atoms with Crippen molar-refractivity contribution in [3.8, 4) is 5.75 Å². The Bertz CT molecular complexity index is 1050. The molecule has 0 aromatic heterocycles. The molecule has 2 aromatic carbocycles. The molecule has 2 aliphatic rings. The summed E-state index contributed by atoms with van der Waals surface area (Å²) in [5.74, 6) is 0.0571. The van der Waals surface area contributed by atoms with Gasteiger partial charge in [0.25, 0.3) is 5.91 Å². The highest BCUT2D eigenvalue weighted by Crippen LogP contribution is 2.34. The minimum atomic E-state index is -3.72. The Balaban J connectivity index is 1.70. The van der Waals surface area contributed by atoms with E-state index in [1.807, 2.05) is 18.2 Å². The minimum absolute atomic E-state index is 0.0583. The Hall–Kier alpha value is -1.90. The van der Waals surface area contributed by atoms with Crippen molar-refractivity contribution in [1.82, 2.24) is 4.31 Å². The van der Waals surface area contributed by atoms with Crippen molar-refractivity contribution < 1.29 is 17.9 Å². The normalized spacial score (nSPS) is 17.2. The van der Waals surface area contributed by atoms with Crippen molar-refractivity contribution in [3.63, 3.8) is 0 Å². The average Bonchev–Trinajstić information content (AvgIpc) is 3.16. The molecule has 4 rings (SSSR count). The highest BCUT2D eigenvalue weighted by molar-refractivity contribution is 9.10. The number of nitrogens with zero attached hydrogens (tertiary/aromatic N) is 2. The number of carbonyl (C=O) groups excluding carboxylic acids is 1. The van der Waals surface area contributed by atoms with Gasteiger partial charge in [0.05, 0.1) is 7.11 Å². The van der Waals surface area contributed by atoms with Crippen molar-refractivity contribution >= 4 is 37.5 Å². The fourth-order valence-electron chi connectivity index (χ4n) is 3.99. The molecule has 154 valence electrons. The molecule has 2 aromatic rings. The molecule has 1 fully saturated rings. The monoisotopic (exact) mass is 478 g/mol. The van der Waals surface area contributed by atoms with Gasteiger partial charge in [-0.3, -0.25) is 4.79 Å². The molecule has 29 heavy (non-hydrogen) atoms. The van der Waals surface area contributed by atoms with E-state index >= 15 is 0 Å². The summed E-state index contributed by atoms with van der Waals surface area (Å²) in [6.45, 7) is 1.57. The van der Waals surface area contributed by atoms with Crippen LogP contribution in [0.3, 0.4) is 0 Å². The average molecular weight is 479 g/mol. The van der Waals surface area contributed by atoms with Crippen LogP contribution in [-0.2, 0) is 16.4 Å². The molecule has 1 amide bonds. The van der Waals surface area contributed by atoms with Gasteiger partial charge < -0.3 is 9.64 Å². The molecule has 1 saturated heterocycles. The van der Waals surface area contributed by atoms with Crippen molar-refractivity contribution in [1.29, 1.82) is 0 Å². The third-order valence-electron chi connectivity index (χ3n) is 5.53. The van der Waals surface area contributed by atoms with Crippen LogP contribution in [0, 0.1) is 0 Å². The standard InChI is InChI=1S/C21H23BrN2O4S/c1-28-19-8-5-16(14-20(19)29(26,27)23-10-3-2-4-11-23)21(25)24-12-9-15-13-17(22)6-7-18(15)24/h5-8,13-14H,2-4,9-12H2,1H3. The van der Waals surface area contributed by atoms with E-state index in [2.05, 4.69) is 15.9 Å². The van der Waals surface area contributed by atoms with Gasteiger partial charge in [-0.15, -0.1) is 0 Å². The van der Waals surface area contributed by atoms with Crippen LogP contribution in [0.1, 0.15) is 35.2 Å². The molecule has 8 heteroatoms. The maximum atomic E-state index is 13.2. The van der Waals surface area contributed by atoms with Crippen LogP contribution in [0.25, 0.3) is 0 Å². The van der Waals surface area contributed by atoms with E-state index in [1.165, 1.54) is 17.5 Å². The number of piperidine rings is 1. The smallest absolute Gasteiger partial charge is 0.258 e. The van der Waals surface area contributed by atoms with Gasteiger partial charge >= 0.3 is 0 Å². The first-order valence-corrected chi connectivity index (χ1v) is 11.9. The Labute approximate surface area is 179 Å². The minimum Gasteiger partial charge on any atom is -0.495 e. The number of hydrogen-bond donors (Lipinski definition) is 0. The quantitative estimate of drug-likeness (QED) is 0.669. The zero-order chi connectivity index (χ0) is 20.6. The van der Waals surface area contributed by atoms with Gasteiger partial charge in [0.2, 0.25) is 10.0 Å². The van der Waals surface area contributed by atoms with Gasteiger partial charge in [-0.1, -0.05) is 22.4 Å². The first kappa shape index (κ1) is 20.4. The third-order valence-corrected chi connectivity index (χ3v) is 7.94. The lowest BCUT2D eigenvalue weighted by atomic mass is 10.1. The molecule has 0 saturated carbocycles. The fourth-order valence-corrected chi connectivity index (χ4v) is 6.10. The van der Waals surface area contributed by atoms with E-state index in [9.17, 15) is 13.2 Å². The third kappa shape index (κ3) is 3.81. The molecule has 0 aliphatic carbocycles. The van der Waals surface area contributed by atoms with Crippen molar-refractivity contribution in [3.05, 3.63) is 52.0 Å². The van der Waals surface area contributed by atoms with Crippen molar-refractivity contribution in [2.45, 2.75) is 30.6 Å². The molecule has 0 bridgehead atoms. The van der Waals surface area contributed by atoms with Gasteiger partial charge in [0.15, 0.2) is 0 Å². The Kier molecular flexibility index (Phi) is 5.68. The summed E-state index contributed by atoms with van der Waals surface area (Å²) in [6.07, 6.45) is 3.50. The fraction of sp³-hybridized carbons (Fsp3) is 0.381. The summed E-state index contributed by atoms with van der Waals surface area (Å²) >= 11 is 3.46. The molecule has 0 spiro atoms. The number of halogens is 1. The maximum absolute atomic E-state index is 13.2. The van der Waals surface area contributed by atoms with Crippen molar-refractivity contribution in [2.24, 2.45) is 0 Å². The lowest BCUT2D eigenvalue weighted by molar-refractivity contribution is 0.0989. The van der Waals surface area contributed by atoms with Crippen LogP contribution in [0.2, 0.25) is 0 Å². The summed E-state index contributed by atoms with van der Waals surface area (Å²) in [7, 11) is -2.27. The number of rotatable bonds is 4. The first-order valence-electron chi connectivity index (χ1n) is 9.70. The lowest BCUT2D eigenvalue weighted by Gasteiger charge is -2.27. The van der Waals surface area contributed by atoms with Crippen LogP contribution < -0.4 is 9.64 Å². The molecule has 0 unspecified atom stereocenters. The van der Waals surface area contributed by atoms with Crippen LogP contribution in [0.4, 0.5) is 5.69 Å². The number of sulfonamides is 1. The predicted octanol–water partition coefficient (Wildman–Crippen LogP) is 3.84.